The molecule has 0 saturated heterocycles. The first-order valence-electron chi connectivity index (χ1n) is 7.94. The van der Waals surface area contributed by atoms with Crippen LogP contribution in [0.25, 0.3) is 0 Å². The van der Waals surface area contributed by atoms with Crippen molar-refractivity contribution >= 4 is 23.4 Å². The van der Waals surface area contributed by atoms with Gasteiger partial charge in [-0.05, 0) is 36.8 Å². The van der Waals surface area contributed by atoms with Gasteiger partial charge < -0.3 is 9.30 Å². The monoisotopic (exact) mass is 395 g/mol. The first-order valence-corrected chi connectivity index (χ1v) is 9.31. The predicted octanol–water partition coefficient (Wildman–Crippen LogP) is 5.10. The summed E-state index contributed by atoms with van der Waals surface area (Å²) in [5.74, 6) is 0.779. The molecule has 1 heterocycles. The van der Waals surface area contributed by atoms with E-state index in [1.165, 1.54) is 36.0 Å². The third-order valence-corrected chi connectivity index (χ3v) is 4.99. The summed E-state index contributed by atoms with van der Waals surface area (Å²) in [5.41, 5.74) is 0.610. The molecule has 4 nitrogen and oxygen atoms in total. The van der Waals surface area contributed by atoms with Gasteiger partial charge in [0.2, 0.25) is 0 Å². The van der Waals surface area contributed by atoms with E-state index in [9.17, 15) is 8.78 Å². The van der Waals surface area contributed by atoms with E-state index in [-0.39, 0.29) is 17.4 Å². The van der Waals surface area contributed by atoms with E-state index in [1.54, 1.807) is 18.2 Å². The smallest absolute Gasteiger partial charge is 0.191 e. The molecule has 0 spiro atoms. The standard InChI is InChI=1S/C18H16ClF2N3OS/c1-2-24-17(10-25-16-8-7-13(20)9-14(16)19)22-23-18(24)26-11-12-5-3-4-6-15(12)21/h3-9H,2,10-11H2,1H3. The predicted molar refractivity (Wildman–Crippen MR) is 97.4 cm³/mol. The average molecular weight is 396 g/mol. The van der Waals surface area contributed by atoms with Crippen LogP contribution in [0.1, 0.15) is 18.3 Å². The fourth-order valence-corrected chi connectivity index (χ4v) is 3.57. The number of thioether (sulfide) groups is 1. The number of halogens is 3. The van der Waals surface area contributed by atoms with Gasteiger partial charge in [-0.3, -0.25) is 0 Å². The molecule has 0 atom stereocenters. The molecule has 0 amide bonds. The van der Waals surface area contributed by atoms with E-state index in [0.29, 0.717) is 34.6 Å². The second-order valence-corrected chi connectivity index (χ2v) is 6.74. The van der Waals surface area contributed by atoms with Crippen molar-refractivity contribution in [2.45, 2.75) is 31.0 Å². The first kappa shape index (κ1) is 18.7. The third-order valence-electron chi connectivity index (χ3n) is 3.67. The number of hydrogen-bond acceptors (Lipinski definition) is 4. The minimum atomic E-state index is -0.425. The topological polar surface area (TPSA) is 39.9 Å². The van der Waals surface area contributed by atoms with Crippen molar-refractivity contribution in [1.29, 1.82) is 0 Å². The molecular weight excluding hydrogens is 380 g/mol. The lowest BCUT2D eigenvalue weighted by Gasteiger charge is -2.10. The van der Waals surface area contributed by atoms with Gasteiger partial charge in [0, 0.05) is 12.3 Å². The van der Waals surface area contributed by atoms with E-state index < -0.39 is 5.82 Å². The molecule has 0 fully saturated rings. The fraction of sp³-hybridized carbons (Fsp3) is 0.222. The molecule has 8 heteroatoms. The summed E-state index contributed by atoms with van der Waals surface area (Å²) in [6, 6.07) is 10.6. The Labute approximate surface area is 159 Å². The molecule has 26 heavy (non-hydrogen) atoms. The summed E-state index contributed by atoms with van der Waals surface area (Å²) in [6.45, 7) is 2.75. The molecule has 0 aliphatic carbocycles. The summed E-state index contributed by atoms with van der Waals surface area (Å²) in [7, 11) is 0. The minimum absolute atomic E-state index is 0.145. The van der Waals surface area contributed by atoms with Gasteiger partial charge in [-0.25, -0.2) is 8.78 Å². The van der Waals surface area contributed by atoms with Crippen LogP contribution in [0.4, 0.5) is 8.78 Å². The molecule has 0 radical (unpaired) electrons. The number of hydrogen-bond donors (Lipinski definition) is 0. The maximum Gasteiger partial charge on any atom is 0.191 e. The zero-order valence-corrected chi connectivity index (χ0v) is 15.5. The van der Waals surface area contributed by atoms with E-state index in [1.807, 2.05) is 11.5 Å². The van der Waals surface area contributed by atoms with Crippen molar-refractivity contribution in [1.82, 2.24) is 14.8 Å². The van der Waals surface area contributed by atoms with Crippen molar-refractivity contribution in [3.05, 3.63) is 70.5 Å². The van der Waals surface area contributed by atoms with Gasteiger partial charge in [0.05, 0.1) is 5.02 Å². The Hall–Kier alpha value is -2.12. The quantitative estimate of drug-likeness (QED) is 0.522. The van der Waals surface area contributed by atoms with E-state index >= 15 is 0 Å². The summed E-state index contributed by atoms with van der Waals surface area (Å²) >= 11 is 7.36. The Morgan fingerprint density at radius 3 is 2.69 bits per heavy atom. The van der Waals surface area contributed by atoms with Crippen LogP contribution < -0.4 is 4.74 Å². The zero-order chi connectivity index (χ0) is 18.5. The Kier molecular flexibility index (Phi) is 6.11. The molecule has 0 unspecified atom stereocenters. The van der Waals surface area contributed by atoms with Crippen LogP contribution in [0.15, 0.2) is 47.6 Å². The van der Waals surface area contributed by atoms with E-state index in [0.717, 1.165) is 0 Å². The number of aromatic nitrogens is 3. The largest absolute Gasteiger partial charge is 0.484 e. The average Bonchev–Trinajstić information content (AvgIpc) is 3.02. The lowest BCUT2D eigenvalue weighted by atomic mass is 10.2. The van der Waals surface area contributed by atoms with Crippen molar-refractivity contribution in [3.8, 4) is 5.75 Å². The lowest BCUT2D eigenvalue weighted by Crippen LogP contribution is -2.07. The van der Waals surface area contributed by atoms with Gasteiger partial charge in [0.25, 0.3) is 0 Å². The van der Waals surface area contributed by atoms with E-state index in [2.05, 4.69) is 10.2 Å². The van der Waals surface area contributed by atoms with Crippen LogP contribution in [0.5, 0.6) is 5.75 Å². The summed E-state index contributed by atoms with van der Waals surface area (Å²) < 4.78 is 34.3. The number of rotatable bonds is 7. The lowest BCUT2D eigenvalue weighted by molar-refractivity contribution is 0.288. The van der Waals surface area contributed by atoms with Crippen molar-refractivity contribution in [2.24, 2.45) is 0 Å². The van der Waals surface area contributed by atoms with Crippen LogP contribution in [-0.2, 0) is 18.9 Å². The maximum absolute atomic E-state index is 13.7. The summed E-state index contributed by atoms with van der Waals surface area (Å²) in [4.78, 5) is 0. The molecule has 3 aromatic rings. The highest BCUT2D eigenvalue weighted by Gasteiger charge is 2.14. The molecule has 0 aliphatic heterocycles. The second-order valence-electron chi connectivity index (χ2n) is 5.39. The minimum Gasteiger partial charge on any atom is -0.484 e. The Morgan fingerprint density at radius 2 is 1.96 bits per heavy atom. The molecule has 0 aliphatic rings. The molecule has 2 aromatic carbocycles. The van der Waals surface area contributed by atoms with Gasteiger partial charge >= 0.3 is 0 Å². The third kappa shape index (κ3) is 4.34. The summed E-state index contributed by atoms with van der Waals surface area (Å²) in [6.07, 6.45) is 0. The highest BCUT2D eigenvalue weighted by atomic mass is 35.5. The van der Waals surface area contributed by atoms with Gasteiger partial charge in [-0.2, -0.15) is 0 Å². The highest BCUT2D eigenvalue weighted by molar-refractivity contribution is 7.98. The van der Waals surface area contributed by atoms with Crippen LogP contribution >= 0.6 is 23.4 Å². The SMILES string of the molecule is CCn1c(COc2ccc(F)cc2Cl)nnc1SCc1ccccc1F. The van der Waals surface area contributed by atoms with Gasteiger partial charge in [0.15, 0.2) is 11.0 Å². The van der Waals surface area contributed by atoms with Gasteiger partial charge in [-0.15, -0.1) is 10.2 Å². The second kappa shape index (κ2) is 8.51. The highest BCUT2D eigenvalue weighted by Crippen LogP contribution is 2.27. The number of nitrogens with zero attached hydrogens (tertiary/aromatic N) is 3. The van der Waals surface area contributed by atoms with Crippen LogP contribution in [0.2, 0.25) is 5.02 Å². The van der Waals surface area contributed by atoms with Crippen molar-refractivity contribution in [2.75, 3.05) is 0 Å². The Morgan fingerprint density at radius 1 is 1.15 bits per heavy atom. The summed E-state index contributed by atoms with van der Waals surface area (Å²) in [5, 5.41) is 9.18. The van der Waals surface area contributed by atoms with Crippen molar-refractivity contribution in [3.63, 3.8) is 0 Å². The van der Waals surface area contributed by atoms with Crippen LogP contribution in [0.3, 0.4) is 0 Å². The molecule has 0 saturated carbocycles. The molecule has 1 aromatic heterocycles. The normalized spacial score (nSPS) is 10.9. The molecular formula is C18H16ClF2N3OS. The van der Waals surface area contributed by atoms with Crippen molar-refractivity contribution < 1.29 is 13.5 Å². The molecule has 136 valence electrons. The van der Waals surface area contributed by atoms with Gasteiger partial charge in [-0.1, -0.05) is 41.6 Å². The van der Waals surface area contributed by atoms with Gasteiger partial charge in [0.1, 0.15) is 24.0 Å². The zero-order valence-electron chi connectivity index (χ0n) is 14.0. The van der Waals surface area contributed by atoms with Crippen LogP contribution in [-0.4, -0.2) is 14.8 Å². The van der Waals surface area contributed by atoms with E-state index in [4.69, 9.17) is 16.3 Å². The van der Waals surface area contributed by atoms with Crippen LogP contribution in [0, 0.1) is 11.6 Å². The maximum atomic E-state index is 13.7. The Balaban J connectivity index is 1.68. The molecule has 0 bridgehead atoms. The number of benzene rings is 2. The first-order chi connectivity index (χ1) is 12.6. The molecule has 0 N–H and O–H groups in total. The number of ether oxygens (including phenoxy) is 1. The molecule has 3 rings (SSSR count). The fourth-order valence-electron chi connectivity index (χ4n) is 2.34. The Bertz CT molecular complexity index is 904.